The third-order valence-electron chi connectivity index (χ3n) is 2.95. The lowest BCUT2D eigenvalue weighted by Crippen LogP contribution is -2.30. The predicted molar refractivity (Wildman–Crippen MR) is 74.4 cm³/mol. The molecule has 0 spiro atoms. The van der Waals surface area contributed by atoms with Gasteiger partial charge in [0, 0.05) is 24.2 Å². The molecule has 0 fully saturated rings. The Morgan fingerprint density at radius 2 is 2.00 bits per heavy atom. The van der Waals surface area contributed by atoms with Crippen molar-refractivity contribution in [2.75, 3.05) is 11.4 Å². The molecule has 0 aliphatic heterocycles. The van der Waals surface area contributed by atoms with Crippen LogP contribution in [0.5, 0.6) is 0 Å². The molecule has 100 valence electrons. The van der Waals surface area contributed by atoms with Gasteiger partial charge in [-0.1, -0.05) is 37.2 Å². The number of para-hydroxylation sites is 1. The topological polar surface area (TPSA) is 46.3 Å². The summed E-state index contributed by atoms with van der Waals surface area (Å²) in [5.41, 5.74) is 1.22. The highest BCUT2D eigenvalue weighted by molar-refractivity contribution is 6.04. The Labute approximate surface area is 113 Å². The molecule has 0 atom stereocenters. The molecule has 0 bridgehead atoms. The van der Waals surface area contributed by atoms with Crippen molar-refractivity contribution in [2.45, 2.75) is 26.7 Å². The SMILES string of the molecule is CCN(C(=O)c1cc(C(C)C)on1)c1ccccc1. The van der Waals surface area contributed by atoms with E-state index in [1.54, 1.807) is 11.0 Å². The fraction of sp³-hybridized carbons (Fsp3) is 0.333. The molecule has 0 unspecified atom stereocenters. The van der Waals surface area contributed by atoms with Gasteiger partial charge in [-0.3, -0.25) is 4.79 Å². The van der Waals surface area contributed by atoms with Gasteiger partial charge in [-0.2, -0.15) is 0 Å². The van der Waals surface area contributed by atoms with Gasteiger partial charge in [-0.05, 0) is 19.1 Å². The van der Waals surface area contributed by atoms with Crippen LogP contribution in [0.1, 0.15) is 42.9 Å². The van der Waals surface area contributed by atoms with Crippen LogP contribution in [-0.4, -0.2) is 17.6 Å². The molecule has 2 aromatic rings. The van der Waals surface area contributed by atoms with Crippen molar-refractivity contribution < 1.29 is 9.32 Å². The Morgan fingerprint density at radius 1 is 1.32 bits per heavy atom. The lowest BCUT2D eigenvalue weighted by molar-refractivity contribution is 0.0979. The van der Waals surface area contributed by atoms with Gasteiger partial charge in [0.25, 0.3) is 5.91 Å². The molecule has 0 N–H and O–H groups in total. The van der Waals surface area contributed by atoms with E-state index in [9.17, 15) is 4.79 Å². The molecule has 0 saturated heterocycles. The molecule has 4 nitrogen and oxygen atoms in total. The van der Waals surface area contributed by atoms with E-state index in [-0.39, 0.29) is 11.8 Å². The number of rotatable bonds is 4. The predicted octanol–water partition coefficient (Wildman–Crippen LogP) is 3.46. The fourth-order valence-corrected chi connectivity index (χ4v) is 1.85. The van der Waals surface area contributed by atoms with Gasteiger partial charge in [-0.15, -0.1) is 0 Å². The first kappa shape index (κ1) is 13.3. The molecule has 1 aromatic carbocycles. The second-order valence-electron chi connectivity index (χ2n) is 4.65. The highest BCUT2D eigenvalue weighted by atomic mass is 16.5. The van der Waals surface area contributed by atoms with E-state index < -0.39 is 0 Å². The van der Waals surface area contributed by atoms with Crippen LogP contribution in [0.2, 0.25) is 0 Å². The van der Waals surface area contributed by atoms with Gasteiger partial charge in [0.15, 0.2) is 5.69 Å². The first-order valence-corrected chi connectivity index (χ1v) is 6.47. The van der Waals surface area contributed by atoms with E-state index >= 15 is 0 Å². The summed E-state index contributed by atoms with van der Waals surface area (Å²) in [5, 5.41) is 3.87. The van der Waals surface area contributed by atoms with Crippen LogP contribution in [0, 0.1) is 0 Å². The quantitative estimate of drug-likeness (QED) is 0.843. The average Bonchev–Trinajstić information content (AvgIpc) is 2.90. The second-order valence-corrected chi connectivity index (χ2v) is 4.65. The van der Waals surface area contributed by atoms with Crippen molar-refractivity contribution >= 4 is 11.6 Å². The summed E-state index contributed by atoms with van der Waals surface area (Å²) >= 11 is 0. The molecular weight excluding hydrogens is 240 g/mol. The highest BCUT2D eigenvalue weighted by Crippen LogP contribution is 2.19. The Balaban J connectivity index is 2.26. The van der Waals surface area contributed by atoms with E-state index in [2.05, 4.69) is 5.16 Å². The average molecular weight is 258 g/mol. The summed E-state index contributed by atoms with van der Waals surface area (Å²) in [6, 6.07) is 11.3. The van der Waals surface area contributed by atoms with Crippen molar-refractivity contribution in [3.05, 3.63) is 47.9 Å². The summed E-state index contributed by atoms with van der Waals surface area (Å²) < 4.78 is 5.18. The summed E-state index contributed by atoms with van der Waals surface area (Å²) in [7, 11) is 0. The van der Waals surface area contributed by atoms with Crippen LogP contribution in [-0.2, 0) is 0 Å². The van der Waals surface area contributed by atoms with Crippen molar-refractivity contribution in [2.24, 2.45) is 0 Å². The van der Waals surface area contributed by atoms with Gasteiger partial charge in [0.2, 0.25) is 0 Å². The van der Waals surface area contributed by atoms with E-state index in [4.69, 9.17) is 4.52 Å². The van der Waals surface area contributed by atoms with E-state index in [1.807, 2.05) is 51.1 Å². The van der Waals surface area contributed by atoms with Crippen molar-refractivity contribution in [3.63, 3.8) is 0 Å². The Morgan fingerprint density at radius 3 is 2.53 bits per heavy atom. The van der Waals surface area contributed by atoms with Crippen LogP contribution in [0.3, 0.4) is 0 Å². The number of amides is 1. The lowest BCUT2D eigenvalue weighted by atomic mass is 10.1. The molecule has 0 aliphatic rings. The summed E-state index contributed by atoms with van der Waals surface area (Å²) in [5.74, 6) is 0.817. The van der Waals surface area contributed by atoms with Gasteiger partial charge in [-0.25, -0.2) is 0 Å². The fourth-order valence-electron chi connectivity index (χ4n) is 1.85. The summed E-state index contributed by atoms with van der Waals surface area (Å²) in [4.78, 5) is 14.1. The minimum Gasteiger partial charge on any atom is -0.360 e. The Hall–Kier alpha value is -2.10. The highest BCUT2D eigenvalue weighted by Gasteiger charge is 2.20. The molecule has 1 heterocycles. The maximum absolute atomic E-state index is 12.4. The summed E-state index contributed by atoms with van der Waals surface area (Å²) in [6.07, 6.45) is 0. The van der Waals surface area contributed by atoms with Crippen molar-refractivity contribution in [1.29, 1.82) is 0 Å². The monoisotopic (exact) mass is 258 g/mol. The molecule has 4 heteroatoms. The number of benzene rings is 1. The van der Waals surface area contributed by atoms with Crippen LogP contribution >= 0.6 is 0 Å². The maximum Gasteiger partial charge on any atom is 0.280 e. The number of carbonyl (C=O) groups is 1. The largest absolute Gasteiger partial charge is 0.360 e. The molecule has 1 aromatic heterocycles. The number of carbonyl (C=O) groups excluding carboxylic acids is 1. The molecule has 19 heavy (non-hydrogen) atoms. The molecule has 0 radical (unpaired) electrons. The van der Waals surface area contributed by atoms with Crippen LogP contribution < -0.4 is 4.90 Å². The zero-order valence-electron chi connectivity index (χ0n) is 11.5. The normalized spacial score (nSPS) is 10.7. The number of nitrogens with zero attached hydrogens (tertiary/aromatic N) is 2. The summed E-state index contributed by atoms with van der Waals surface area (Å²) in [6.45, 7) is 6.54. The maximum atomic E-state index is 12.4. The Bertz CT molecular complexity index is 546. The van der Waals surface area contributed by atoms with Crippen LogP contribution in [0.25, 0.3) is 0 Å². The molecular formula is C15H18N2O2. The molecule has 0 aliphatic carbocycles. The third kappa shape index (κ3) is 2.84. The van der Waals surface area contributed by atoms with E-state index in [0.717, 1.165) is 11.4 Å². The third-order valence-corrected chi connectivity index (χ3v) is 2.95. The number of hydrogen-bond donors (Lipinski definition) is 0. The van der Waals surface area contributed by atoms with Crippen LogP contribution in [0.4, 0.5) is 5.69 Å². The minimum atomic E-state index is -0.135. The van der Waals surface area contributed by atoms with Gasteiger partial charge < -0.3 is 9.42 Å². The van der Waals surface area contributed by atoms with E-state index in [0.29, 0.717) is 12.2 Å². The smallest absolute Gasteiger partial charge is 0.280 e. The zero-order chi connectivity index (χ0) is 13.8. The van der Waals surface area contributed by atoms with Gasteiger partial charge >= 0.3 is 0 Å². The zero-order valence-corrected chi connectivity index (χ0v) is 11.5. The number of aromatic nitrogens is 1. The van der Waals surface area contributed by atoms with Gasteiger partial charge in [0.05, 0.1) is 0 Å². The van der Waals surface area contributed by atoms with Crippen molar-refractivity contribution in [3.8, 4) is 0 Å². The number of hydrogen-bond acceptors (Lipinski definition) is 3. The molecule has 2 rings (SSSR count). The lowest BCUT2D eigenvalue weighted by Gasteiger charge is -2.19. The minimum absolute atomic E-state index is 0.135. The van der Waals surface area contributed by atoms with Crippen LogP contribution in [0.15, 0.2) is 40.9 Å². The first-order chi connectivity index (χ1) is 9.13. The van der Waals surface area contributed by atoms with Gasteiger partial charge in [0.1, 0.15) is 5.76 Å². The molecule has 0 saturated carbocycles. The Kier molecular flexibility index (Phi) is 4.00. The first-order valence-electron chi connectivity index (χ1n) is 6.47. The molecule has 1 amide bonds. The standard InChI is InChI=1S/C15H18N2O2/c1-4-17(12-8-6-5-7-9-12)15(18)13-10-14(11(2)3)19-16-13/h5-11H,4H2,1-3H3. The second kappa shape index (κ2) is 5.69. The van der Waals surface area contributed by atoms with Crippen molar-refractivity contribution in [1.82, 2.24) is 5.16 Å². The number of anilines is 1. The van der Waals surface area contributed by atoms with E-state index in [1.165, 1.54) is 0 Å².